The highest BCUT2D eigenvalue weighted by atomic mass is 16.5. The minimum absolute atomic E-state index is 0.110. The molecule has 1 N–H and O–H groups in total. The van der Waals surface area contributed by atoms with Gasteiger partial charge in [-0.2, -0.15) is 0 Å². The van der Waals surface area contributed by atoms with Crippen LogP contribution in [0.25, 0.3) is 0 Å². The largest absolute Gasteiger partial charge is 0.377 e. The number of hydrogen-bond donors (Lipinski definition) is 1. The van der Waals surface area contributed by atoms with Gasteiger partial charge < -0.3 is 19.7 Å². The SMILES string of the molecule is CCCNc1cccc(N2CC(OC)C(OC)C2)n1. The van der Waals surface area contributed by atoms with E-state index in [1.807, 2.05) is 18.2 Å². The number of nitrogens with one attached hydrogen (secondary N) is 1. The van der Waals surface area contributed by atoms with E-state index in [9.17, 15) is 0 Å². The first kappa shape index (κ1) is 14.1. The summed E-state index contributed by atoms with van der Waals surface area (Å²) in [7, 11) is 3.46. The maximum atomic E-state index is 5.45. The Bertz CT molecular complexity index is 388. The molecule has 0 radical (unpaired) electrons. The first-order chi connectivity index (χ1) is 9.28. The molecule has 1 aliphatic heterocycles. The van der Waals surface area contributed by atoms with Gasteiger partial charge in [0, 0.05) is 33.9 Å². The smallest absolute Gasteiger partial charge is 0.131 e. The minimum Gasteiger partial charge on any atom is -0.377 e. The molecule has 0 amide bonds. The molecule has 0 spiro atoms. The quantitative estimate of drug-likeness (QED) is 0.849. The fourth-order valence-electron chi connectivity index (χ4n) is 2.33. The summed E-state index contributed by atoms with van der Waals surface area (Å²) in [6.45, 7) is 4.72. The lowest BCUT2D eigenvalue weighted by atomic mass is 10.3. The van der Waals surface area contributed by atoms with Crippen LogP contribution in [0.5, 0.6) is 0 Å². The normalized spacial score (nSPS) is 22.8. The number of aromatic nitrogens is 1. The highest BCUT2D eigenvalue weighted by molar-refractivity contribution is 5.48. The van der Waals surface area contributed by atoms with Gasteiger partial charge in [0.15, 0.2) is 0 Å². The van der Waals surface area contributed by atoms with Crippen molar-refractivity contribution in [3.05, 3.63) is 18.2 Å². The van der Waals surface area contributed by atoms with Crippen molar-refractivity contribution in [2.45, 2.75) is 25.6 Å². The molecule has 1 fully saturated rings. The Labute approximate surface area is 114 Å². The summed E-state index contributed by atoms with van der Waals surface area (Å²) >= 11 is 0. The first-order valence-electron chi connectivity index (χ1n) is 6.80. The summed E-state index contributed by atoms with van der Waals surface area (Å²) in [5, 5.41) is 3.31. The van der Waals surface area contributed by atoms with Crippen LogP contribution in [-0.4, -0.2) is 51.0 Å². The van der Waals surface area contributed by atoms with Gasteiger partial charge in [-0.05, 0) is 18.6 Å². The first-order valence-corrected chi connectivity index (χ1v) is 6.80. The molecular formula is C14H23N3O2. The monoisotopic (exact) mass is 265 g/mol. The Balaban J connectivity index is 2.05. The Morgan fingerprint density at radius 1 is 1.26 bits per heavy atom. The summed E-state index contributed by atoms with van der Waals surface area (Å²) in [6.07, 6.45) is 1.31. The van der Waals surface area contributed by atoms with E-state index < -0.39 is 0 Å². The third-order valence-corrected chi connectivity index (χ3v) is 3.44. The van der Waals surface area contributed by atoms with Crippen LogP contribution in [0.2, 0.25) is 0 Å². The zero-order valence-corrected chi connectivity index (χ0v) is 11.9. The Hall–Kier alpha value is -1.33. The van der Waals surface area contributed by atoms with E-state index in [2.05, 4.69) is 22.1 Å². The van der Waals surface area contributed by atoms with Gasteiger partial charge in [-0.25, -0.2) is 4.98 Å². The molecule has 1 aliphatic rings. The third kappa shape index (κ3) is 3.36. The lowest BCUT2D eigenvalue weighted by Crippen LogP contribution is -2.27. The Kier molecular flexibility index (Phi) is 4.99. The summed E-state index contributed by atoms with van der Waals surface area (Å²) in [4.78, 5) is 6.84. The van der Waals surface area contributed by atoms with Gasteiger partial charge in [-0.3, -0.25) is 0 Å². The van der Waals surface area contributed by atoms with E-state index in [-0.39, 0.29) is 12.2 Å². The van der Waals surface area contributed by atoms with Crippen molar-refractivity contribution < 1.29 is 9.47 Å². The second kappa shape index (κ2) is 6.73. The zero-order chi connectivity index (χ0) is 13.7. The van der Waals surface area contributed by atoms with E-state index in [1.54, 1.807) is 14.2 Å². The van der Waals surface area contributed by atoms with Crippen molar-refractivity contribution in [2.24, 2.45) is 0 Å². The van der Waals surface area contributed by atoms with Crippen LogP contribution in [0.4, 0.5) is 11.6 Å². The van der Waals surface area contributed by atoms with Gasteiger partial charge in [-0.15, -0.1) is 0 Å². The Morgan fingerprint density at radius 3 is 2.53 bits per heavy atom. The molecule has 0 bridgehead atoms. The number of nitrogens with zero attached hydrogens (tertiary/aromatic N) is 2. The van der Waals surface area contributed by atoms with Gasteiger partial charge in [-0.1, -0.05) is 13.0 Å². The molecule has 1 aromatic rings. The van der Waals surface area contributed by atoms with Gasteiger partial charge in [0.25, 0.3) is 0 Å². The average molecular weight is 265 g/mol. The van der Waals surface area contributed by atoms with E-state index in [0.29, 0.717) is 0 Å². The predicted octanol–water partition coefficient (Wildman–Crippen LogP) is 1.75. The minimum atomic E-state index is 0.110. The molecule has 5 nitrogen and oxygen atoms in total. The molecule has 2 atom stereocenters. The number of anilines is 2. The van der Waals surface area contributed by atoms with Crippen molar-refractivity contribution in [2.75, 3.05) is 44.1 Å². The van der Waals surface area contributed by atoms with Crippen molar-refractivity contribution in [1.82, 2.24) is 4.98 Å². The lowest BCUT2D eigenvalue weighted by molar-refractivity contribution is -0.00461. The lowest BCUT2D eigenvalue weighted by Gasteiger charge is -2.17. The molecule has 1 saturated heterocycles. The highest BCUT2D eigenvalue weighted by Crippen LogP contribution is 2.22. The van der Waals surface area contributed by atoms with Gasteiger partial charge in [0.2, 0.25) is 0 Å². The van der Waals surface area contributed by atoms with Gasteiger partial charge >= 0.3 is 0 Å². The zero-order valence-electron chi connectivity index (χ0n) is 11.9. The second-order valence-corrected chi connectivity index (χ2v) is 4.76. The molecule has 0 aromatic carbocycles. The average Bonchev–Trinajstić information content (AvgIpc) is 2.88. The fraction of sp³-hybridized carbons (Fsp3) is 0.643. The molecule has 1 aromatic heterocycles. The number of ether oxygens (including phenoxy) is 2. The summed E-state index contributed by atoms with van der Waals surface area (Å²) in [6, 6.07) is 6.06. The van der Waals surface area contributed by atoms with E-state index in [0.717, 1.165) is 37.7 Å². The fourth-order valence-corrected chi connectivity index (χ4v) is 2.33. The number of methoxy groups -OCH3 is 2. The molecule has 2 heterocycles. The van der Waals surface area contributed by atoms with Crippen LogP contribution in [-0.2, 0) is 9.47 Å². The summed E-state index contributed by atoms with van der Waals surface area (Å²) in [5.41, 5.74) is 0. The molecule has 19 heavy (non-hydrogen) atoms. The van der Waals surface area contributed by atoms with Crippen molar-refractivity contribution in [3.8, 4) is 0 Å². The predicted molar refractivity (Wildman–Crippen MR) is 76.8 cm³/mol. The third-order valence-electron chi connectivity index (χ3n) is 3.44. The van der Waals surface area contributed by atoms with Gasteiger partial charge in [0.05, 0.1) is 0 Å². The molecule has 2 rings (SSSR count). The standard InChI is InChI=1S/C14H23N3O2/c1-4-8-15-13-6-5-7-14(16-13)17-9-11(18-2)12(10-17)19-3/h5-7,11-12H,4,8-10H2,1-3H3,(H,15,16). The number of hydrogen-bond acceptors (Lipinski definition) is 5. The van der Waals surface area contributed by atoms with Crippen LogP contribution in [0, 0.1) is 0 Å². The molecule has 5 heteroatoms. The summed E-state index contributed by atoms with van der Waals surface area (Å²) in [5.74, 6) is 1.90. The molecular weight excluding hydrogens is 242 g/mol. The molecule has 0 saturated carbocycles. The summed E-state index contributed by atoms with van der Waals surface area (Å²) < 4.78 is 10.9. The second-order valence-electron chi connectivity index (χ2n) is 4.76. The van der Waals surface area contributed by atoms with E-state index in [4.69, 9.17) is 9.47 Å². The van der Waals surface area contributed by atoms with Crippen LogP contribution in [0.3, 0.4) is 0 Å². The van der Waals surface area contributed by atoms with Crippen LogP contribution in [0.1, 0.15) is 13.3 Å². The van der Waals surface area contributed by atoms with Gasteiger partial charge in [0.1, 0.15) is 23.8 Å². The van der Waals surface area contributed by atoms with Crippen LogP contribution in [0.15, 0.2) is 18.2 Å². The topological polar surface area (TPSA) is 46.6 Å². The highest BCUT2D eigenvalue weighted by Gasteiger charge is 2.33. The number of pyridine rings is 1. The molecule has 106 valence electrons. The van der Waals surface area contributed by atoms with E-state index in [1.165, 1.54) is 0 Å². The van der Waals surface area contributed by atoms with Crippen molar-refractivity contribution in [3.63, 3.8) is 0 Å². The maximum absolute atomic E-state index is 5.45. The molecule has 0 aliphatic carbocycles. The van der Waals surface area contributed by atoms with E-state index >= 15 is 0 Å². The van der Waals surface area contributed by atoms with Crippen LogP contribution >= 0.6 is 0 Å². The van der Waals surface area contributed by atoms with Crippen LogP contribution < -0.4 is 10.2 Å². The molecule has 2 unspecified atom stereocenters. The van der Waals surface area contributed by atoms with Crippen molar-refractivity contribution >= 4 is 11.6 Å². The maximum Gasteiger partial charge on any atom is 0.131 e. The Morgan fingerprint density at radius 2 is 1.95 bits per heavy atom. The number of rotatable bonds is 6. The van der Waals surface area contributed by atoms with Crippen molar-refractivity contribution in [1.29, 1.82) is 0 Å².